The number of carbonyl (C=O) groups is 2. The summed E-state index contributed by atoms with van der Waals surface area (Å²) in [6.45, 7) is 6.66. The van der Waals surface area contributed by atoms with Crippen LogP contribution in [-0.2, 0) is 20.7 Å². The lowest BCUT2D eigenvalue weighted by molar-refractivity contribution is -0.152. The first-order valence-corrected chi connectivity index (χ1v) is 8.88. The smallest absolute Gasteiger partial charge is 0.309 e. The van der Waals surface area contributed by atoms with Crippen molar-refractivity contribution in [2.24, 2.45) is 11.8 Å². The Labute approximate surface area is 150 Å². The van der Waals surface area contributed by atoms with Crippen LogP contribution < -0.4 is 0 Å². The zero-order chi connectivity index (χ0) is 18.1. The molecule has 0 radical (unpaired) electrons. The van der Waals surface area contributed by atoms with Gasteiger partial charge in [-0.15, -0.1) is 0 Å². The van der Waals surface area contributed by atoms with E-state index in [9.17, 15) is 9.59 Å². The maximum atomic E-state index is 12.4. The largest absolute Gasteiger partial charge is 0.466 e. The summed E-state index contributed by atoms with van der Waals surface area (Å²) in [4.78, 5) is 26.0. The molecule has 0 N–H and O–H groups in total. The van der Waals surface area contributed by atoms with Crippen molar-refractivity contribution in [2.75, 3.05) is 20.2 Å². The Balaban J connectivity index is 2.45. The average Bonchev–Trinajstić information content (AvgIpc) is 2.53. The molecule has 1 atom stereocenters. The number of aryl methyl sites for hydroxylation is 1. The first kappa shape index (κ1) is 20.5. The molecule has 0 aromatic heterocycles. The predicted molar refractivity (Wildman–Crippen MR) is 97.0 cm³/mol. The molecule has 1 aromatic rings. The number of rotatable bonds is 9. The highest BCUT2D eigenvalue weighted by atomic mass is 35.5. The average molecular weight is 354 g/mol. The maximum absolute atomic E-state index is 12.4. The summed E-state index contributed by atoms with van der Waals surface area (Å²) in [5.41, 5.74) is 1.20. The molecule has 0 aliphatic heterocycles. The molecule has 1 rings (SSSR count). The maximum Gasteiger partial charge on any atom is 0.309 e. The number of hydrogen-bond acceptors (Lipinski definition) is 3. The molecule has 0 heterocycles. The van der Waals surface area contributed by atoms with Crippen molar-refractivity contribution in [3.8, 4) is 0 Å². The number of nitrogens with zero attached hydrogens (tertiary/aromatic N) is 1. The van der Waals surface area contributed by atoms with E-state index >= 15 is 0 Å². The SMILES string of the molecule is CCOC(=O)C(CC(=O)N(C)CCCc1ccc(Cl)cc1)C(C)C. The molecule has 4 nitrogen and oxygen atoms in total. The second kappa shape index (κ2) is 10.3. The van der Waals surface area contributed by atoms with Gasteiger partial charge in [0.05, 0.1) is 12.5 Å². The minimum Gasteiger partial charge on any atom is -0.466 e. The summed E-state index contributed by atoms with van der Waals surface area (Å²) in [5, 5.41) is 0.727. The highest BCUT2D eigenvalue weighted by Gasteiger charge is 2.27. The molecule has 0 fully saturated rings. The van der Waals surface area contributed by atoms with E-state index in [-0.39, 0.29) is 30.1 Å². The number of hydrogen-bond donors (Lipinski definition) is 0. The molecule has 1 amide bonds. The third kappa shape index (κ3) is 6.91. The Kier molecular flexibility index (Phi) is 8.83. The summed E-state index contributed by atoms with van der Waals surface area (Å²) < 4.78 is 5.07. The van der Waals surface area contributed by atoms with E-state index in [0.29, 0.717) is 13.2 Å². The summed E-state index contributed by atoms with van der Waals surface area (Å²) in [5.74, 6) is -0.597. The molecule has 5 heteroatoms. The number of ether oxygens (including phenoxy) is 1. The number of esters is 1. The van der Waals surface area contributed by atoms with Crippen molar-refractivity contribution < 1.29 is 14.3 Å². The first-order chi connectivity index (χ1) is 11.3. The van der Waals surface area contributed by atoms with Crippen LogP contribution in [-0.4, -0.2) is 37.0 Å². The van der Waals surface area contributed by atoms with Crippen molar-refractivity contribution in [3.05, 3.63) is 34.9 Å². The predicted octanol–water partition coefficient (Wildman–Crippen LogP) is 3.96. The highest BCUT2D eigenvalue weighted by Crippen LogP contribution is 2.18. The van der Waals surface area contributed by atoms with Gasteiger partial charge >= 0.3 is 5.97 Å². The van der Waals surface area contributed by atoms with E-state index in [1.807, 2.05) is 38.1 Å². The quantitative estimate of drug-likeness (QED) is 0.631. The fourth-order valence-electron chi connectivity index (χ4n) is 2.48. The van der Waals surface area contributed by atoms with Gasteiger partial charge in [-0.3, -0.25) is 9.59 Å². The normalized spacial score (nSPS) is 12.1. The fourth-order valence-corrected chi connectivity index (χ4v) is 2.61. The lowest BCUT2D eigenvalue weighted by Crippen LogP contribution is -2.33. The number of benzene rings is 1. The van der Waals surface area contributed by atoms with E-state index in [4.69, 9.17) is 16.3 Å². The standard InChI is InChI=1S/C19H28ClNO3/c1-5-24-19(23)17(14(2)3)13-18(22)21(4)12-6-7-15-8-10-16(20)11-9-15/h8-11,14,17H,5-7,12-13H2,1-4H3. The van der Waals surface area contributed by atoms with Crippen molar-refractivity contribution in [3.63, 3.8) is 0 Å². The summed E-state index contributed by atoms with van der Waals surface area (Å²) in [6.07, 6.45) is 1.96. The van der Waals surface area contributed by atoms with Crippen LogP contribution in [0.25, 0.3) is 0 Å². The molecule has 0 saturated heterocycles. The van der Waals surface area contributed by atoms with E-state index in [2.05, 4.69) is 0 Å². The van der Waals surface area contributed by atoms with Crippen LogP contribution in [0.4, 0.5) is 0 Å². The van der Waals surface area contributed by atoms with E-state index in [1.54, 1.807) is 18.9 Å². The van der Waals surface area contributed by atoms with Gasteiger partial charge in [-0.05, 0) is 43.4 Å². The van der Waals surface area contributed by atoms with Gasteiger partial charge in [-0.2, -0.15) is 0 Å². The number of carbonyl (C=O) groups excluding carboxylic acids is 2. The molecule has 1 aromatic carbocycles. The van der Waals surface area contributed by atoms with E-state index < -0.39 is 0 Å². The summed E-state index contributed by atoms with van der Waals surface area (Å²) in [7, 11) is 1.78. The van der Waals surface area contributed by atoms with Crippen LogP contribution in [0.5, 0.6) is 0 Å². The molecule has 0 aliphatic carbocycles. The summed E-state index contributed by atoms with van der Waals surface area (Å²) in [6, 6.07) is 7.75. The fraction of sp³-hybridized carbons (Fsp3) is 0.579. The van der Waals surface area contributed by atoms with Gasteiger partial charge in [0.1, 0.15) is 0 Å². The lowest BCUT2D eigenvalue weighted by Gasteiger charge is -2.23. The van der Waals surface area contributed by atoms with Gasteiger partial charge in [0.2, 0.25) is 5.91 Å². The van der Waals surface area contributed by atoms with Crippen LogP contribution in [0, 0.1) is 11.8 Å². The van der Waals surface area contributed by atoms with E-state index in [1.165, 1.54) is 5.56 Å². The number of amides is 1. The second-order valence-corrected chi connectivity index (χ2v) is 6.79. The Bertz CT molecular complexity index is 528. The molecule has 24 heavy (non-hydrogen) atoms. The third-order valence-electron chi connectivity index (χ3n) is 4.09. The van der Waals surface area contributed by atoms with Crippen LogP contribution in [0.1, 0.15) is 39.2 Å². The Hall–Kier alpha value is -1.55. The van der Waals surface area contributed by atoms with Crippen LogP contribution in [0.3, 0.4) is 0 Å². The Morgan fingerprint density at radius 1 is 1.21 bits per heavy atom. The van der Waals surface area contributed by atoms with Crippen molar-refractivity contribution in [2.45, 2.75) is 40.0 Å². The molecular weight excluding hydrogens is 326 g/mol. The topological polar surface area (TPSA) is 46.6 Å². The van der Waals surface area contributed by atoms with Gasteiger partial charge in [-0.25, -0.2) is 0 Å². The highest BCUT2D eigenvalue weighted by molar-refractivity contribution is 6.30. The van der Waals surface area contributed by atoms with Crippen molar-refractivity contribution in [1.29, 1.82) is 0 Å². The monoisotopic (exact) mass is 353 g/mol. The molecule has 0 saturated carbocycles. The van der Waals surface area contributed by atoms with Gasteiger partial charge in [0.25, 0.3) is 0 Å². The van der Waals surface area contributed by atoms with Gasteiger partial charge in [0, 0.05) is 25.0 Å². The minimum atomic E-state index is -0.379. The Morgan fingerprint density at radius 2 is 1.83 bits per heavy atom. The van der Waals surface area contributed by atoms with Crippen LogP contribution >= 0.6 is 11.6 Å². The Morgan fingerprint density at radius 3 is 2.38 bits per heavy atom. The molecule has 0 spiro atoms. The zero-order valence-corrected chi connectivity index (χ0v) is 15.8. The summed E-state index contributed by atoms with van der Waals surface area (Å²) >= 11 is 5.87. The van der Waals surface area contributed by atoms with Gasteiger partial charge < -0.3 is 9.64 Å². The van der Waals surface area contributed by atoms with E-state index in [0.717, 1.165) is 17.9 Å². The molecule has 0 aliphatic rings. The molecule has 0 bridgehead atoms. The van der Waals surface area contributed by atoms with Gasteiger partial charge in [0.15, 0.2) is 0 Å². The van der Waals surface area contributed by atoms with Crippen molar-refractivity contribution >= 4 is 23.5 Å². The third-order valence-corrected chi connectivity index (χ3v) is 4.34. The van der Waals surface area contributed by atoms with Crippen LogP contribution in [0.2, 0.25) is 5.02 Å². The zero-order valence-electron chi connectivity index (χ0n) is 15.0. The number of halogens is 1. The first-order valence-electron chi connectivity index (χ1n) is 8.50. The minimum absolute atomic E-state index is 0.0159. The molecule has 134 valence electrons. The molecular formula is C19H28ClNO3. The van der Waals surface area contributed by atoms with Crippen LogP contribution in [0.15, 0.2) is 24.3 Å². The van der Waals surface area contributed by atoms with Gasteiger partial charge in [-0.1, -0.05) is 37.6 Å². The van der Waals surface area contributed by atoms with Crippen molar-refractivity contribution in [1.82, 2.24) is 4.90 Å². The molecule has 1 unspecified atom stereocenters. The lowest BCUT2D eigenvalue weighted by atomic mass is 9.92. The second-order valence-electron chi connectivity index (χ2n) is 6.35.